The highest BCUT2D eigenvalue weighted by atomic mass is 16.6. The van der Waals surface area contributed by atoms with E-state index in [0.29, 0.717) is 30.4 Å². The molecule has 0 radical (unpaired) electrons. The number of nitrogens with one attached hydrogen (secondary N) is 6. The van der Waals surface area contributed by atoms with Gasteiger partial charge in [-0.05, 0) is 52.0 Å². The number of carbonyl (C=O) groups is 1. The number of urea groups is 1. The molecule has 3 atom stereocenters. The van der Waals surface area contributed by atoms with Gasteiger partial charge in [-0.2, -0.15) is 0 Å². The van der Waals surface area contributed by atoms with Crippen LogP contribution in [0.4, 0.5) is 10.5 Å². The maximum absolute atomic E-state index is 12.4. The molecule has 2 amide bonds. The number of rotatable bonds is 7. The number of carbonyl (C=O) groups excluding carboxylic acids is 1. The largest absolute Gasteiger partial charge is 0.486 e. The van der Waals surface area contributed by atoms with Crippen molar-refractivity contribution in [2.75, 3.05) is 38.7 Å². The number of benzene rings is 1. The number of amides is 2. The van der Waals surface area contributed by atoms with E-state index in [9.17, 15) is 4.79 Å². The van der Waals surface area contributed by atoms with Crippen LogP contribution in [0.2, 0.25) is 0 Å². The van der Waals surface area contributed by atoms with Gasteiger partial charge in [0.05, 0.1) is 6.17 Å². The number of hydrogen-bond donors (Lipinski definition) is 6. The fraction of sp³-hybridized carbons (Fsp3) is 0.611. The molecule has 3 rings (SSSR count). The van der Waals surface area contributed by atoms with Crippen LogP contribution in [-0.4, -0.2) is 57.9 Å². The first-order valence-corrected chi connectivity index (χ1v) is 9.51. The van der Waals surface area contributed by atoms with Gasteiger partial charge in [-0.1, -0.05) is 0 Å². The molecule has 0 aromatic heterocycles. The van der Waals surface area contributed by atoms with Gasteiger partial charge in [0.1, 0.15) is 19.5 Å². The van der Waals surface area contributed by atoms with Crippen LogP contribution in [0.25, 0.3) is 0 Å². The van der Waals surface area contributed by atoms with Crippen LogP contribution in [0.3, 0.4) is 0 Å². The Morgan fingerprint density at radius 3 is 2.81 bits per heavy atom. The summed E-state index contributed by atoms with van der Waals surface area (Å²) >= 11 is 0. The zero-order valence-corrected chi connectivity index (χ0v) is 15.9. The summed E-state index contributed by atoms with van der Waals surface area (Å²) in [4.78, 5) is 12.4. The molecular formula is C18H30N6O3. The maximum Gasteiger partial charge on any atom is 0.321 e. The van der Waals surface area contributed by atoms with E-state index in [0.717, 1.165) is 25.9 Å². The lowest BCUT2D eigenvalue weighted by Crippen LogP contribution is -2.67. The second kappa shape index (κ2) is 9.75. The Labute approximate surface area is 159 Å². The van der Waals surface area contributed by atoms with Gasteiger partial charge in [-0.25, -0.2) is 4.79 Å². The normalized spacial score (nSPS) is 24.3. The van der Waals surface area contributed by atoms with Gasteiger partial charge < -0.3 is 30.7 Å². The molecule has 1 aromatic carbocycles. The molecule has 3 unspecified atom stereocenters. The Morgan fingerprint density at radius 1 is 1.19 bits per heavy atom. The van der Waals surface area contributed by atoms with Crippen LogP contribution in [0.15, 0.2) is 18.2 Å². The van der Waals surface area contributed by atoms with Gasteiger partial charge in [0.15, 0.2) is 11.5 Å². The van der Waals surface area contributed by atoms with Crippen LogP contribution >= 0.6 is 0 Å². The highest BCUT2D eigenvalue weighted by Gasteiger charge is 2.25. The molecule has 150 valence electrons. The third-order valence-corrected chi connectivity index (χ3v) is 4.48. The first-order chi connectivity index (χ1) is 13.1. The Bertz CT molecular complexity index is 629. The molecule has 9 heteroatoms. The van der Waals surface area contributed by atoms with Crippen molar-refractivity contribution in [2.24, 2.45) is 0 Å². The van der Waals surface area contributed by atoms with E-state index in [1.54, 1.807) is 18.2 Å². The molecule has 27 heavy (non-hydrogen) atoms. The summed E-state index contributed by atoms with van der Waals surface area (Å²) in [5.74, 6) is 1.34. The Hall–Kier alpha value is -2.07. The van der Waals surface area contributed by atoms with E-state index < -0.39 is 0 Å². The SMILES string of the molecule is CNCCCNC1CC(C)NC(NC(=O)Nc2ccc3c(c2)OCCO3)N1. The van der Waals surface area contributed by atoms with Crippen molar-refractivity contribution in [3.05, 3.63) is 18.2 Å². The second-order valence-electron chi connectivity index (χ2n) is 6.82. The van der Waals surface area contributed by atoms with Crippen molar-refractivity contribution in [1.29, 1.82) is 0 Å². The molecule has 0 bridgehead atoms. The average molecular weight is 378 g/mol. The smallest absolute Gasteiger partial charge is 0.321 e. The Morgan fingerprint density at radius 2 is 2.00 bits per heavy atom. The Balaban J connectivity index is 1.47. The van der Waals surface area contributed by atoms with E-state index in [-0.39, 0.29) is 24.5 Å². The Kier molecular flexibility index (Phi) is 7.11. The van der Waals surface area contributed by atoms with Crippen LogP contribution in [-0.2, 0) is 0 Å². The van der Waals surface area contributed by atoms with Gasteiger partial charge in [0.2, 0.25) is 0 Å². The van der Waals surface area contributed by atoms with Crippen molar-refractivity contribution in [3.8, 4) is 11.5 Å². The molecule has 9 nitrogen and oxygen atoms in total. The molecule has 1 saturated heterocycles. The van der Waals surface area contributed by atoms with Gasteiger partial charge in [0.25, 0.3) is 0 Å². The van der Waals surface area contributed by atoms with Gasteiger partial charge in [0, 0.05) is 17.8 Å². The lowest BCUT2D eigenvalue weighted by Gasteiger charge is -2.36. The predicted octanol–water partition coefficient (Wildman–Crippen LogP) is 0.360. The second-order valence-corrected chi connectivity index (χ2v) is 6.82. The summed E-state index contributed by atoms with van der Waals surface area (Å²) in [5.41, 5.74) is 0.655. The molecule has 1 aromatic rings. The van der Waals surface area contributed by atoms with Crippen molar-refractivity contribution in [3.63, 3.8) is 0 Å². The minimum absolute atomic E-state index is 0.151. The lowest BCUT2D eigenvalue weighted by molar-refractivity contribution is 0.171. The standard InChI is InChI=1S/C18H30N6O3/c1-12-10-16(20-7-3-6-19-2)23-17(21-12)24-18(25)22-13-4-5-14-15(11-13)27-9-8-26-14/h4-5,11-12,16-17,19-21,23H,3,6-10H2,1-2H3,(H2,22,24,25). The lowest BCUT2D eigenvalue weighted by atomic mass is 10.1. The molecular weight excluding hydrogens is 348 g/mol. The first kappa shape index (κ1) is 19.7. The van der Waals surface area contributed by atoms with Crippen molar-refractivity contribution < 1.29 is 14.3 Å². The molecule has 1 fully saturated rings. The highest BCUT2D eigenvalue weighted by Crippen LogP contribution is 2.32. The van der Waals surface area contributed by atoms with Crippen molar-refractivity contribution in [2.45, 2.75) is 38.3 Å². The molecule has 0 aliphatic carbocycles. The molecule has 0 saturated carbocycles. The highest BCUT2D eigenvalue weighted by molar-refractivity contribution is 5.89. The summed E-state index contributed by atoms with van der Waals surface area (Å²) in [5, 5.41) is 19.1. The molecule has 2 heterocycles. The minimum Gasteiger partial charge on any atom is -0.486 e. The van der Waals surface area contributed by atoms with E-state index in [1.165, 1.54) is 0 Å². The molecule has 2 aliphatic rings. The summed E-state index contributed by atoms with van der Waals surface area (Å²) < 4.78 is 11.0. The topological polar surface area (TPSA) is 108 Å². The van der Waals surface area contributed by atoms with E-state index >= 15 is 0 Å². The van der Waals surface area contributed by atoms with Crippen LogP contribution in [0.5, 0.6) is 11.5 Å². The van der Waals surface area contributed by atoms with E-state index in [1.807, 2.05) is 7.05 Å². The van der Waals surface area contributed by atoms with E-state index in [4.69, 9.17) is 9.47 Å². The molecule has 2 aliphatic heterocycles. The third kappa shape index (κ3) is 5.96. The molecule has 6 N–H and O–H groups in total. The number of hydrogen-bond acceptors (Lipinski definition) is 7. The fourth-order valence-corrected chi connectivity index (χ4v) is 3.21. The van der Waals surface area contributed by atoms with Crippen molar-refractivity contribution >= 4 is 11.7 Å². The molecule has 0 spiro atoms. The zero-order chi connectivity index (χ0) is 19.1. The summed E-state index contributed by atoms with van der Waals surface area (Å²) in [6.07, 6.45) is 1.84. The summed E-state index contributed by atoms with van der Waals surface area (Å²) in [6.45, 7) is 5.06. The van der Waals surface area contributed by atoms with Gasteiger partial charge in [-0.15, -0.1) is 0 Å². The van der Waals surface area contributed by atoms with Gasteiger partial charge >= 0.3 is 6.03 Å². The van der Waals surface area contributed by atoms with Crippen LogP contribution < -0.4 is 41.4 Å². The van der Waals surface area contributed by atoms with Crippen LogP contribution in [0.1, 0.15) is 19.8 Å². The minimum atomic E-state index is -0.312. The number of ether oxygens (including phenoxy) is 2. The quantitative estimate of drug-likeness (QED) is 0.380. The number of fused-ring (bicyclic) bond motifs is 1. The fourth-order valence-electron chi connectivity index (χ4n) is 3.21. The van der Waals surface area contributed by atoms with Crippen molar-refractivity contribution in [1.82, 2.24) is 26.6 Å². The predicted molar refractivity (Wildman–Crippen MR) is 104 cm³/mol. The van der Waals surface area contributed by atoms with Gasteiger partial charge in [-0.3, -0.25) is 10.6 Å². The summed E-state index contributed by atoms with van der Waals surface area (Å²) in [7, 11) is 1.95. The number of anilines is 1. The van der Waals surface area contributed by atoms with Crippen LogP contribution in [0, 0.1) is 0 Å². The average Bonchev–Trinajstić information content (AvgIpc) is 2.64. The maximum atomic E-state index is 12.4. The summed E-state index contributed by atoms with van der Waals surface area (Å²) in [6, 6.07) is 5.36. The van der Waals surface area contributed by atoms with E-state index in [2.05, 4.69) is 38.8 Å². The monoisotopic (exact) mass is 378 g/mol. The first-order valence-electron chi connectivity index (χ1n) is 9.51. The zero-order valence-electron chi connectivity index (χ0n) is 15.9. The third-order valence-electron chi connectivity index (χ3n) is 4.48.